The molecule has 0 bridgehead atoms. The van der Waals surface area contributed by atoms with Crippen molar-refractivity contribution in [3.63, 3.8) is 0 Å². The highest BCUT2D eigenvalue weighted by molar-refractivity contribution is 6.47. The van der Waals surface area contributed by atoms with E-state index in [1.165, 1.54) is 6.92 Å². The van der Waals surface area contributed by atoms with Gasteiger partial charge < -0.3 is 4.74 Å². The van der Waals surface area contributed by atoms with Crippen LogP contribution in [0.25, 0.3) is 0 Å². The molecule has 1 saturated carbocycles. The molecule has 4 heteroatoms. The van der Waals surface area contributed by atoms with Crippen LogP contribution < -0.4 is 0 Å². The van der Waals surface area contributed by atoms with Gasteiger partial charge in [-0.3, -0.25) is 14.4 Å². The molecule has 1 aliphatic carbocycles. The number of carbonyl (C=O) groups is 3. The molecule has 0 aromatic carbocycles. The van der Waals surface area contributed by atoms with E-state index >= 15 is 0 Å². The lowest BCUT2D eigenvalue weighted by Gasteiger charge is -2.08. The molecule has 2 fully saturated rings. The fourth-order valence-electron chi connectivity index (χ4n) is 1.26. The molecule has 0 aromatic rings. The lowest BCUT2D eigenvalue weighted by molar-refractivity contribution is -0.143. The van der Waals surface area contributed by atoms with Gasteiger partial charge in [-0.1, -0.05) is 0 Å². The summed E-state index contributed by atoms with van der Waals surface area (Å²) in [6.07, 6.45) is -1.33. The molecule has 1 aliphatic heterocycles. The largest absolute Gasteiger partial charge is 0.352 e. The highest BCUT2D eigenvalue weighted by Crippen LogP contribution is 2.32. The smallest absolute Gasteiger partial charge is 0.230 e. The third-order valence-corrected chi connectivity index (χ3v) is 2.09. The summed E-state index contributed by atoms with van der Waals surface area (Å²) in [6.45, 7) is 1.44. The summed E-state index contributed by atoms with van der Waals surface area (Å²) in [6, 6.07) is 0. The van der Waals surface area contributed by atoms with Gasteiger partial charge in [0.25, 0.3) is 0 Å². The molecular formula is C7H6O4. The molecule has 0 amide bonds. The Balaban J connectivity index is 2.33. The number of fused-ring (bicyclic) bond motifs is 1. The van der Waals surface area contributed by atoms with E-state index in [4.69, 9.17) is 4.74 Å². The second kappa shape index (κ2) is 1.76. The van der Waals surface area contributed by atoms with Gasteiger partial charge in [-0.15, -0.1) is 0 Å². The van der Waals surface area contributed by atoms with Gasteiger partial charge in [0.2, 0.25) is 11.6 Å². The first-order valence-corrected chi connectivity index (χ1v) is 3.40. The minimum absolute atomic E-state index is 0.250. The molecule has 0 unspecified atom stereocenters. The fourth-order valence-corrected chi connectivity index (χ4v) is 1.26. The summed E-state index contributed by atoms with van der Waals surface area (Å²) in [5.74, 6) is -2.18. The lowest BCUT2D eigenvalue weighted by Crippen LogP contribution is -2.39. The molecule has 1 heterocycles. The number of ketones is 3. The third kappa shape index (κ3) is 0.699. The maximum Gasteiger partial charge on any atom is 0.230 e. The average Bonchev–Trinajstić information content (AvgIpc) is 2.76. The van der Waals surface area contributed by atoms with Gasteiger partial charge in [-0.05, 0) is 6.92 Å². The Morgan fingerprint density at radius 2 is 1.73 bits per heavy atom. The molecule has 11 heavy (non-hydrogen) atoms. The van der Waals surface area contributed by atoms with Crippen LogP contribution in [0.2, 0.25) is 0 Å². The molecule has 0 radical (unpaired) electrons. The first-order valence-electron chi connectivity index (χ1n) is 3.40. The second-order valence-corrected chi connectivity index (χ2v) is 2.83. The van der Waals surface area contributed by atoms with Crippen molar-refractivity contribution in [3.05, 3.63) is 0 Å². The van der Waals surface area contributed by atoms with Crippen molar-refractivity contribution < 1.29 is 19.1 Å². The predicted molar refractivity (Wildman–Crippen MR) is 32.8 cm³/mol. The number of rotatable bonds is 0. The predicted octanol–water partition coefficient (Wildman–Crippen LogP) is -0.889. The van der Waals surface area contributed by atoms with Crippen LogP contribution in [0, 0.1) is 5.92 Å². The molecule has 58 valence electrons. The van der Waals surface area contributed by atoms with E-state index in [2.05, 4.69) is 0 Å². The zero-order chi connectivity index (χ0) is 8.17. The van der Waals surface area contributed by atoms with Crippen LogP contribution in [0.1, 0.15) is 6.92 Å². The van der Waals surface area contributed by atoms with E-state index in [0.29, 0.717) is 0 Å². The molecule has 2 rings (SSSR count). The minimum atomic E-state index is -0.786. The van der Waals surface area contributed by atoms with E-state index in [1.54, 1.807) is 0 Å². The molecule has 0 spiro atoms. The van der Waals surface area contributed by atoms with Crippen LogP contribution in [0.5, 0.6) is 0 Å². The Kier molecular flexibility index (Phi) is 1.07. The zero-order valence-corrected chi connectivity index (χ0v) is 5.87. The second-order valence-electron chi connectivity index (χ2n) is 2.83. The van der Waals surface area contributed by atoms with E-state index < -0.39 is 29.7 Å². The summed E-state index contributed by atoms with van der Waals surface area (Å²) >= 11 is 0. The van der Waals surface area contributed by atoms with Crippen LogP contribution in [-0.4, -0.2) is 29.6 Å². The Labute approximate surface area is 62.5 Å². The summed E-state index contributed by atoms with van der Waals surface area (Å²) in [5.41, 5.74) is 0. The maximum absolute atomic E-state index is 11.0. The number of carbonyl (C=O) groups excluding carboxylic acids is 3. The Bertz CT molecular complexity index is 268. The monoisotopic (exact) mass is 154 g/mol. The first kappa shape index (κ1) is 6.67. The normalized spacial score (nSPS) is 42.3. The third-order valence-electron chi connectivity index (χ3n) is 2.09. The summed E-state index contributed by atoms with van der Waals surface area (Å²) in [7, 11) is 0. The van der Waals surface area contributed by atoms with Gasteiger partial charge in [-0.25, -0.2) is 0 Å². The molecule has 0 aromatic heterocycles. The van der Waals surface area contributed by atoms with Crippen LogP contribution in [0.15, 0.2) is 0 Å². The van der Waals surface area contributed by atoms with Crippen molar-refractivity contribution in [2.24, 2.45) is 5.92 Å². The number of ether oxygens (including phenoxy) is 1. The zero-order valence-electron chi connectivity index (χ0n) is 5.87. The van der Waals surface area contributed by atoms with Gasteiger partial charge in [0.15, 0.2) is 18.0 Å². The summed E-state index contributed by atoms with van der Waals surface area (Å²) < 4.78 is 4.72. The number of Topliss-reactive ketones (excluding diaryl/α,β-unsaturated/α-hetero) is 3. The van der Waals surface area contributed by atoms with Crippen LogP contribution in [-0.2, 0) is 19.1 Å². The highest BCUT2D eigenvalue weighted by Gasteiger charge is 2.59. The molecule has 0 N–H and O–H groups in total. The van der Waals surface area contributed by atoms with E-state index in [9.17, 15) is 14.4 Å². The average molecular weight is 154 g/mol. The first-order chi connectivity index (χ1) is 5.13. The van der Waals surface area contributed by atoms with E-state index in [-0.39, 0.29) is 5.78 Å². The molecule has 1 saturated heterocycles. The van der Waals surface area contributed by atoms with Crippen molar-refractivity contribution in [2.45, 2.75) is 19.1 Å². The standard InChI is InChI=1S/C7H6O4/c1-2-3(8)5(10)7-6(11-7)4(2)9/h2,6-7H,1H3/t2-,6+,7-/m0/s1. The van der Waals surface area contributed by atoms with Crippen LogP contribution >= 0.6 is 0 Å². The van der Waals surface area contributed by atoms with Gasteiger partial charge in [0, 0.05) is 0 Å². The van der Waals surface area contributed by atoms with Gasteiger partial charge >= 0.3 is 0 Å². The SMILES string of the molecule is C[C@H]1C(=O)C(=O)[C@@H]2O[C@@H]2C1=O. The summed E-state index contributed by atoms with van der Waals surface area (Å²) in [4.78, 5) is 32.8. The van der Waals surface area contributed by atoms with Crippen LogP contribution in [0.4, 0.5) is 0 Å². The minimum Gasteiger partial charge on any atom is -0.352 e. The lowest BCUT2D eigenvalue weighted by atomic mass is 9.87. The van der Waals surface area contributed by atoms with Crippen molar-refractivity contribution in [2.75, 3.05) is 0 Å². The van der Waals surface area contributed by atoms with Gasteiger partial charge in [0.1, 0.15) is 0 Å². The Hall–Kier alpha value is -1.03. The van der Waals surface area contributed by atoms with Crippen LogP contribution in [0.3, 0.4) is 0 Å². The molecule has 3 atom stereocenters. The fraction of sp³-hybridized carbons (Fsp3) is 0.571. The topological polar surface area (TPSA) is 63.7 Å². The van der Waals surface area contributed by atoms with E-state index in [1.807, 2.05) is 0 Å². The highest BCUT2D eigenvalue weighted by atomic mass is 16.6. The van der Waals surface area contributed by atoms with Crippen molar-refractivity contribution in [1.29, 1.82) is 0 Å². The molecular weight excluding hydrogens is 148 g/mol. The molecule has 4 nitrogen and oxygen atoms in total. The Morgan fingerprint density at radius 1 is 1.09 bits per heavy atom. The number of hydrogen-bond donors (Lipinski definition) is 0. The van der Waals surface area contributed by atoms with Gasteiger partial charge in [-0.2, -0.15) is 0 Å². The van der Waals surface area contributed by atoms with Crippen molar-refractivity contribution >= 4 is 17.3 Å². The maximum atomic E-state index is 11.0. The van der Waals surface area contributed by atoms with E-state index in [0.717, 1.165) is 0 Å². The van der Waals surface area contributed by atoms with Gasteiger partial charge in [0.05, 0.1) is 5.92 Å². The number of epoxide rings is 1. The number of hydrogen-bond acceptors (Lipinski definition) is 4. The molecule has 2 aliphatic rings. The Morgan fingerprint density at radius 3 is 2.36 bits per heavy atom. The van der Waals surface area contributed by atoms with Crippen molar-refractivity contribution in [1.82, 2.24) is 0 Å². The quantitative estimate of drug-likeness (QED) is 0.258. The summed E-state index contributed by atoms with van der Waals surface area (Å²) in [5, 5.41) is 0. The van der Waals surface area contributed by atoms with Crippen molar-refractivity contribution in [3.8, 4) is 0 Å².